The van der Waals surface area contributed by atoms with Crippen LogP contribution in [0, 0.1) is 47.3 Å². The third-order valence-electron chi connectivity index (χ3n) is 10.00. The van der Waals surface area contributed by atoms with Crippen molar-refractivity contribution >= 4 is 5.97 Å². The minimum absolute atomic E-state index is 0.00970. The fourth-order valence-corrected chi connectivity index (χ4v) is 9.47. The third-order valence-corrected chi connectivity index (χ3v) is 10.00. The standard InChI is InChI=1S/C25H38O4/c1-3-20-22-17-8-18(23(22)21(4-2)29-20)19(9-17)24(26)27-13-28-25-10-14-5-15(11-25)7-16(6-14)12-25/h14-23H,3-13H2,1-2H3. The van der Waals surface area contributed by atoms with Crippen molar-refractivity contribution in [3.05, 3.63) is 0 Å². The van der Waals surface area contributed by atoms with E-state index in [4.69, 9.17) is 14.2 Å². The fraction of sp³-hybridized carbons (Fsp3) is 0.960. The van der Waals surface area contributed by atoms with Crippen molar-refractivity contribution in [1.82, 2.24) is 0 Å². The van der Waals surface area contributed by atoms with Crippen LogP contribution in [-0.2, 0) is 19.0 Å². The highest BCUT2D eigenvalue weighted by atomic mass is 16.7. The number of carbonyl (C=O) groups is 1. The van der Waals surface area contributed by atoms with Gasteiger partial charge in [-0.1, -0.05) is 13.8 Å². The lowest BCUT2D eigenvalue weighted by Gasteiger charge is -2.56. The summed E-state index contributed by atoms with van der Waals surface area (Å²) < 4.78 is 18.5. The summed E-state index contributed by atoms with van der Waals surface area (Å²) in [6, 6.07) is 0. The van der Waals surface area contributed by atoms with Gasteiger partial charge < -0.3 is 14.2 Å². The summed E-state index contributed by atoms with van der Waals surface area (Å²) in [4.78, 5) is 13.0. The average molecular weight is 403 g/mol. The summed E-state index contributed by atoms with van der Waals surface area (Å²) in [6.45, 7) is 4.66. The van der Waals surface area contributed by atoms with Gasteiger partial charge in [0.05, 0.1) is 23.7 Å². The van der Waals surface area contributed by atoms with Gasteiger partial charge in [0.25, 0.3) is 0 Å². The number of hydrogen-bond donors (Lipinski definition) is 0. The number of hydrogen-bond acceptors (Lipinski definition) is 4. The van der Waals surface area contributed by atoms with E-state index in [0.717, 1.165) is 37.0 Å². The summed E-state index contributed by atoms with van der Waals surface area (Å²) in [6.07, 6.45) is 13.0. The van der Waals surface area contributed by atoms with Crippen molar-refractivity contribution in [1.29, 1.82) is 0 Å². The van der Waals surface area contributed by atoms with Gasteiger partial charge in [0.2, 0.25) is 0 Å². The van der Waals surface area contributed by atoms with Crippen LogP contribution in [-0.4, -0.2) is 30.6 Å². The molecule has 7 unspecified atom stereocenters. The molecule has 6 saturated carbocycles. The molecule has 29 heavy (non-hydrogen) atoms. The van der Waals surface area contributed by atoms with Crippen molar-refractivity contribution in [2.45, 2.75) is 95.9 Å². The molecule has 6 aliphatic carbocycles. The topological polar surface area (TPSA) is 44.8 Å². The first kappa shape index (κ1) is 19.1. The normalized spacial score (nSPS) is 54.1. The van der Waals surface area contributed by atoms with Crippen LogP contribution < -0.4 is 0 Å². The highest BCUT2D eigenvalue weighted by Gasteiger charge is 2.62. The first-order valence-corrected chi connectivity index (χ1v) is 12.5. The molecule has 162 valence electrons. The maximum absolute atomic E-state index is 13.0. The molecule has 1 heterocycles. The molecule has 0 N–H and O–H groups in total. The van der Waals surface area contributed by atoms with Crippen LogP contribution in [0.1, 0.15) is 78.1 Å². The van der Waals surface area contributed by atoms with Gasteiger partial charge in [-0.25, -0.2) is 0 Å². The minimum atomic E-state index is 0.00970. The molecule has 7 rings (SSSR count). The van der Waals surface area contributed by atoms with E-state index >= 15 is 0 Å². The second-order valence-electron chi connectivity index (χ2n) is 11.5. The van der Waals surface area contributed by atoms with E-state index in [1.165, 1.54) is 44.9 Å². The van der Waals surface area contributed by atoms with Crippen molar-refractivity contribution in [2.24, 2.45) is 47.3 Å². The highest BCUT2D eigenvalue weighted by Crippen LogP contribution is 2.62. The zero-order valence-electron chi connectivity index (χ0n) is 18.2. The maximum Gasteiger partial charge on any atom is 0.311 e. The van der Waals surface area contributed by atoms with Gasteiger partial charge in [-0.3, -0.25) is 4.79 Å². The van der Waals surface area contributed by atoms with Crippen LogP contribution in [0.3, 0.4) is 0 Å². The van der Waals surface area contributed by atoms with Gasteiger partial charge in [-0.2, -0.15) is 0 Å². The van der Waals surface area contributed by atoms with Gasteiger partial charge >= 0.3 is 5.97 Å². The predicted molar refractivity (Wildman–Crippen MR) is 109 cm³/mol. The van der Waals surface area contributed by atoms with E-state index in [0.29, 0.717) is 35.9 Å². The van der Waals surface area contributed by atoms with Crippen LogP contribution in [0.4, 0.5) is 0 Å². The number of carbonyl (C=O) groups excluding carboxylic acids is 1. The van der Waals surface area contributed by atoms with Crippen LogP contribution >= 0.6 is 0 Å². The first-order chi connectivity index (χ1) is 14.1. The summed E-state index contributed by atoms with van der Waals surface area (Å²) in [7, 11) is 0. The third kappa shape index (κ3) is 2.95. The molecule has 0 radical (unpaired) electrons. The van der Waals surface area contributed by atoms with E-state index in [1.54, 1.807) is 0 Å². The Kier molecular flexibility index (Phi) is 4.58. The molecule has 7 aliphatic rings. The summed E-state index contributed by atoms with van der Waals surface area (Å²) in [5.41, 5.74) is 0.0236. The number of fused-ring (bicyclic) bond motifs is 5. The highest BCUT2D eigenvalue weighted by molar-refractivity contribution is 5.73. The Bertz CT molecular complexity index is 624. The van der Waals surface area contributed by atoms with Crippen LogP contribution in [0.25, 0.3) is 0 Å². The summed E-state index contributed by atoms with van der Waals surface area (Å²) >= 11 is 0. The lowest BCUT2D eigenvalue weighted by Crippen LogP contribution is -2.52. The number of rotatable bonds is 6. The molecule has 0 amide bonds. The molecular formula is C25H38O4. The molecule has 1 aliphatic heterocycles. The van der Waals surface area contributed by atoms with Gasteiger partial charge in [-0.05, 0) is 106 Å². The smallest absolute Gasteiger partial charge is 0.311 e. The minimum Gasteiger partial charge on any atom is -0.438 e. The second-order valence-corrected chi connectivity index (χ2v) is 11.5. The quantitative estimate of drug-likeness (QED) is 0.466. The Morgan fingerprint density at radius 1 is 0.897 bits per heavy atom. The first-order valence-electron chi connectivity index (χ1n) is 12.5. The Morgan fingerprint density at radius 3 is 2.14 bits per heavy atom. The lowest BCUT2D eigenvalue weighted by atomic mass is 9.54. The molecule has 7 fully saturated rings. The Balaban J connectivity index is 1.07. The van der Waals surface area contributed by atoms with Gasteiger partial charge in [0.1, 0.15) is 0 Å². The average Bonchev–Trinajstić information content (AvgIpc) is 3.37. The summed E-state index contributed by atoms with van der Waals surface area (Å²) in [5, 5.41) is 0. The van der Waals surface area contributed by atoms with Crippen molar-refractivity contribution in [3.8, 4) is 0 Å². The molecule has 4 nitrogen and oxygen atoms in total. The molecular weight excluding hydrogens is 364 g/mol. The van der Waals surface area contributed by atoms with Crippen molar-refractivity contribution < 1.29 is 19.0 Å². The van der Waals surface area contributed by atoms with Gasteiger partial charge in [-0.15, -0.1) is 0 Å². The predicted octanol–water partition coefficient (Wildman–Crippen LogP) is 4.95. The van der Waals surface area contributed by atoms with E-state index in [1.807, 2.05) is 0 Å². The zero-order chi connectivity index (χ0) is 19.8. The van der Waals surface area contributed by atoms with Crippen LogP contribution in [0.2, 0.25) is 0 Å². The monoisotopic (exact) mass is 402 g/mol. The molecule has 4 heteroatoms. The number of ether oxygens (including phenoxy) is 3. The Morgan fingerprint density at radius 2 is 1.52 bits per heavy atom. The van der Waals surface area contributed by atoms with E-state index in [9.17, 15) is 4.79 Å². The molecule has 0 aromatic heterocycles. The molecule has 7 atom stereocenters. The maximum atomic E-state index is 13.0. The second kappa shape index (κ2) is 6.95. The van der Waals surface area contributed by atoms with Crippen LogP contribution in [0.15, 0.2) is 0 Å². The lowest BCUT2D eigenvalue weighted by molar-refractivity contribution is -0.213. The van der Waals surface area contributed by atoms with Gasteiger partial charge in [0, 0.05) is 0 Å². The van der Waals surface area contributed by atoms with Crippen molar-refractivity contribution in [2.75, 3.05) is 6.79 Å². The van der Waals surface area contributed by atoms with Gasteiger partial charge in [0.15, 0.2) is 6.79 Å². The number of esters is 1. The molecule has 6 bridgehead atoms. The Hall–Kier alpha value is -0.610. The molecule has 1 saturated heterocycles. The molecule has 0 spiro atoms. The largest absolute Gasteiger partial charge is 0.438 e. The zero-order valence-corrected chi connectivity index (χ0v) is 18.2. The van der Waals surface area contributed by atoms with E-state index in [2.05, 4.69) is 13.8 Å². The van der Waals surface area contributed by atoms with Crippen LogP contribution in [0.5, 0.6) is 0 Å². The summed E-state index contributed by atoms with van der Waals surface area (Å²) in [5.74, 6) is 5.06. The Labute approximate surface area is 175 Å². The molecule has 0 aromatic carbocycles. The van der Waals surface area contributed by atoms with E-state index < -0.39 is 0 Å². The van der Waals surface area contributed by atoms with Crippen molar-refractivity contribution in [3.63, 3.8) is 0 Å². The fourth-order valence-electron chi connectivity index (χ4n) is 9.47. The molecule has 0 aromatic rings. The SMILES string of the molecule is CCC1OC(CC)C2C3CC(CC3C(=O)OCOC34CC5CC(CC(C5)C3)C4)C12. The van der Waals surface area contributed by atoms with E-state index in [-0.39, 0.29) is 24.3 Å².